The molecule has 0 saturated heterocycles. The monoisotopic (exact) mass is 223 g/mol. The number of aryl methyl sites for hydroxylation is 1. The van der Waals surface area contributed by atoms with Crippen molar-refractivity contribution in [3.8, 4) is 0 Å². The standard InChI is InChI=1S/C12H21N3O/c1-4-15-9-5-6-11(15)10-13-8-7-12(16)14(2)3/h5-6,9,13H,4,7-8,10H2,1-3H3. The van der Waals surface area contributed by atoms with Crippen LogP contribution in [0, 0.1) is 0 Å². The van der Waals surface area contributed by atoms with Crippen molar-refractivity contribution in [3.05, 3.63) is 24.0 Å². The molecule has 0 radical (unpaired) electrons. The summed E-state index contributed by atoms with van der Waals surface area (Å²) in [7, 11) is 3.56. The second-order valence-corrected chi connectivity index (χ2v) is 4.00. The van der Waals surface area contributed by atoms with Crippen molar-refractivity contribution < 1.29 is 4.79 Å². The first-order chi connectivity index (χ1) is 7.65. The van der Waals surface area contributed by atoms with Gasteiger partial charge < -0.3 is 14.8 Å². The fourth-order valence-corrected chi connectivity index (χ4v) is 1.55. The predicted octanol–water partition coefficient (Wildman–Crippen LogP) is 1.08. The van der Waals surface area contributed by atoms with E-state index < -0.39 is 0 Å². The van der Waals surface area contributed by atoms with Crippen LogP contribution in [0.1, 0.15) is 19.0 Å². The van der Waals surface area contributed by atoms with E-state index >= 15 is 0 Å². The number of carbonyl (C=O) groups is 1. The molecule has 0 unspecified atom stereocenters. The van der Waals surface area contributed by atoms with Gasteiger partial charge in [-0.1, -0.05) is 0 Å². The van der Waals surface area contributed by atoms with Crippen molar-refractivity contribution >= 4 is 5.91 Å². The van der Waals surface area contributed by atoms with Crippen LogP contribution in [0.2, 0.25) is 0 Å². The molecule has 0 fully saturated rings. The number of aromatic nitrogens is 1. The topological polar surface area (TPSA) is 37.3 Å². The molecule has 1 aromatic rings. The molecule has 0 saturated carbocycles. The summed E-state index contributed by atoms with van der Waals surface area (Å²) in [6, 6.07) is 4.15. The Balaban J connectivity index is 2.23. The second kappa shape index (κ2) is 6.33. The quantitative estimate of drug-likeness (QED) is 0.733. The van der Waals surface area contributed by atoms with E-state index in [2.05, 4.69) is 29.1 Å². The van der Waals surface area contributed by atoms with E-state index in [0.29, 0.717) is 6.42 Å². The first-order valence-corrected chi connectivity index (χ1v) is 5.70. The Bertz CT molecular complexity index is 331. The summed E-state index contributed by atoms with van der Waals surface area (Å²) in [6.45, 7) is 4.66. The zero-order valence-electron chi connectivity index (χ0n) is 10.4. The SMILES string of the molecule is CCn1cccc1CNCCC(=O)N(C)C. The molecule has 0 aliphatic rings. The van der Waals surface area contributed by atoms with Gasteiger partial charge in [0.1, 0.15) is 0 Å². The largest absolute Gasteiger partial charge is 0.351 e. The minimum atomic E-state index is 0.165. The lowest BCUT2D eigenvalue weighted by Gasteiger charge is -2.11. The molecule has 0 aliphatic heterocycles. The Morgan fingerprint density at radius 1 is 1.50 bits per heavy atom. The van der Waals surface area contributed by atoms with E-state index in [1.54, 1.807) is 19.0 Å². The Morgan fingerprint density at radius 2 is 2.25 bits per heavy atom. The van der Waals surface area contributed by atoms with Gasteiger partial charge >= 0.3 is 0 Å². The van der Waals surface area contributed by atoms with Crippen LogP contribution in [0.5, 0.6) is 0 Å². The minimum absolute atomic E-state index is 0.165. The van der Waals surface area contributed by atoms with Gasteiger partial charge in [0.2, 0.25) is 5.91 Å². The van der Waals surface area contributed by atoms with Crippen LogP contribution in [0.3, 0.4) is 0 Å². The van der Waals surface area contributed by atoms with E-state index in [1.807, 2.05) is 6.07 Å². The van der Waals surface area contributed by atoms with Crippen molar-refractivity contribution in [1.82, 2.24) is 14.8 Å². The van der Waals surface area contributed by atoms with Crippen molar-refractivity contribution in [2.24, 2.45) is 0 Å². The molecule has 0 atom stereocenters. The van der Waals surface area contributed by atoms with Gasteiger partial charge in [0.05, 0.1) is 0 Å². The highest BCUT2D eigenvalue weighted by Gasteiger charge is 2.03. The summed E-state index contributed by atoms with van der Waals surface area (Å²) in [5, 5.41) is 3.28. The van der Waals surface area contributed by atoms with Crippen LogP contribution in [-0.2, 0) is 17.9 Å². The van der Waals surface area contributed by atoms with E-state index in [1.165, 1.54) is 5.69 Å². The number of hydrogen-bond acceptors (Lipinski definition) is 2. The van der Waals surface area contributed by atoms with Crippen LogP contribution in [-0.4, -0.2) is 36.0 Å². The summed E-state index contributed by atoms with van der Waals surface area (Å²) in [4.78, 5) is 12.9. The molecule has 0 bridgehead atoms. The molecule has 0 aromatic carbocycles. The second-order valence-electron chi connectivity index (χ2n) is 4.00. The third-order valence-corrected chi connectivity index (χ3v) is 2.58. The average molecular weight is 223 g/mol. The van der Waals surface area contributed by atoms with Crippen molar-refractivity contribution in [3.63, 3.8) is 0 Å². The average Bonchev–Trinajstić information content (AvgIpc) is 2.71. The van der Waals surface area contributed by atoms with Gasteiger partial charge in [-0.15, -0.1) is 0 Å². The molecule has 16 heavy (non-hydrogen) atoms. The summed E-state index contributed by atoms with van der Waals surface area (Å²) < 4.78 is 2.20. The fraction of sp³-hybridized carbons (Fsp3) is 0.583. The third kappa shape index (κ3) is 3.70. The summed E-state index contributed by atoms with van der Waals surface area (Å²) in [5.41, 5.74) is 1.26. The molecule has 1 aromatic heterocycles. The Morgan fingerprint density at radius 3 is 2.88 bits per heavy atom. The summed E-state index contributed by atoms with van der Waals surface area (Å²) >= 11 is 0. The number of nitrogens with one attached hydrogen (secondary N) is 1. The van der Waals surface area contributed by atoms with Gasteiger partial charge in [-0.25, -0.2) is 0 Å². The van der Waals surface area contributed by atoms with Crippen LogP contribution in [0.4, 0.5) is 0 Å². The van der Waals surface area contributed by atoms with Crippen molar-refractivity contribution in [2.45, 2.75) is 26.4 Å². The Kier molecular flexibility index (Phi) is 5.05. The maximum Gasteiger partial charge on any atom is 0.223 e. The van der Waals surface area contributed by atoms with Crippen LogP contribution < -0.4 is 5.32 Å². The molecular weight excluding hydrogens is 202 g/mol. The van der Waals surface area contributed by atoms with E-state index in [0.717, 1.165) is 19.6 Å². The zero-order valence-corrected chi connectivity index (χ0v) is 10.4. The third-order valence-electron chi connectivity index (χ3n) is 2.58. The smallest absolute Gasteiger partial charge is 0.223 e. The highest BCUT2D eigenvalue weighted by atomic mass is 16.2. The highest BCUT2D eigenvalue weighted by Crippen LogP contribution is 2.01. The number of nitrogens with zero attached hydrogens (tertiary/aromatic N) is 2. The minimum Gasteiger partial charge on any atom is -0.351 e. The molecule has 4 nitrogen and oxygen atoms in total. The molecule has 0 spiro atoms. The lowest BCUT2D eigenvalue weighted by molar-refractivity contribution is -0.128. The van der Waals surface area contributed by atoms with E-state index in [9.17, 15) is 4.79 Å². The number of amides is 1. The molecule has 1 rings (SSSR count). The lowest BCUT2D eigenvalue weighted by Crippen LogP contribution is -2.26. The summed E-state index contributed by atoms with van der Waals surface area (Å²) in [5.74, 6) is 0.165. The maximum atomic E-state index is 11.3. The van der Waals surface area contributed by atoms with Crippen LogP contribution in [0.15, 0.2) is 18.3 Å². The first kappa shape index (κ1) is 12.8. The van der Waals surface area contributed by atoms with Gasteiger partial charge in [-0.3, -0.25) is 4.79 Å². The fourth-order valence-electron chi connectivity index (χ4n) is 1.55. The Labute approximate surface area is 97.2 Å². The van der Waals surface area contributed by atoms with E-state index in [4.69, 9.17) is 0 Å². The molecule has 4 heteroatoms. The number of hydrogen-bond donors (Lipinski definition) is 1. The van der Waals surface area contributed by atoms with Gasteiger partial charge in [0, 0.05) is 52.0 Å². The lowest BCUT2D eigenvalue weighted by atomic mass is 10.3. The number of rotatable bonds is 6. The van der Waals surface area contributed by atoms with Gasteiger partial charge in [0.15, 0.2) is 0 Å². The zero-order chi connectivity index (χ0) is 12.0. The van der Waals surface area contributed by atoms with Crippen LogP contribution in [0.25, 0.3) is 0 Å². The van der Waals surface area contributed by atoms with Gasteiger partial charge in [-0.05, 0) is 19.1 Å². The molecular formula is C12H21N3O. The van der Waals surface area contributed by atoms with Gasteiger partial charge in [-0.2, -0.15) is 0 Å². The maximum absolute atomic E-state index is 11.3. The normalized spacial score (nSPS) is 10.4. The Hall–Kier alpha value is -1.29. The molecule has 1 N–H and O–H groups in total. The molecule has 0 aliphatic carbocycles. The van der Waals surface area contributed by atoms with Crippen molar-refractivity contribution in [1.29, 1.82) is 0 Å². The molecule has 90 valence electrons. The molecule has 1 heterocycles. The molecule has 1 amide bonds. The van der Waals surface area contributed by atoms with Gasteiger partial charge in [0.25, 0.3) is 0 Å². The summed E-state index contributed by atoms with van der Waals surface area (Å²) in [6.07, 6.45) is 2.63. The van der Waals surface area contributed by atoms with Crippen molar-refractivity contribution in [2.75, 3.05) is 20.6 Å². The van der Waals surface area contributed by atoms with E-state index in [-0.39, 0.29) is 5.91 Å². The highest BCUT2D eigenvalue weighted by molar-refractivity contribution is 5.75. The van der Waals surface area contributed by atoms with Crippen LogP contribution >= 0.6 is 0 Å². The predicted molar refractivity (Wildman–Crippen MR) is 65.1 cm³/mol. The number of carbonyl (C=O) groups excluding carboxylic acids is 1. The first-order valence-electron chi connectivity index (χ1n) is 5.70.